The molecule has 1 fully saturated rings. The first-order valence-corrected chi connectivity index (χ1v) is 5.68. The molecular formula is C13H16O4. The van der Waals surface area contributed by atoms with Gasteiger partial charge in [0.1, 0.15) is 12.2 Å². The highest BCUT2D eigenvalue weighted by molar-refractivity contribution is 5.56. The van der Waals surface area contributed by atoms with Gasteiger partial charge < -0.3 is 19.0 Å². The number of carbonyl (C=O) groups is 1. The molecule has 1 aromatic carbocycles. The van der Waals surface area contributed by atoms with E-state index in [4.69, 9.17) is 14.2 Å². The standard InChI is InChI=1S/C13H16O4/c14-6-12-9-17-13(10-16-12)8-15-7-11-4-2-1-3-5-11/h1-6,12-13H,7-10H2. The molecule has 2 atom stereocenters. The van der Waals surface area contributed by atoms with Crippen molar-refractivity contribution in [2.75, 3.05) is 19.8 Å². The van der Waals surface area contributed by atoms with E-state index >= 15 is 0 Å². The lowest BCUT2D eigenvalue weighted by Gasteiger charge is -2.26. The predicted molar refractivity (Wildman–Crippen MR) is 61.6 cm³/mol. The van der Waals surface area contributed by atoms with Crippen molar-refractivity contribution in [2.24, 2.45) is 0 Å². The van der Waals surface area contributed by atoms with Gasteiger partial charge in [-0.2, -0.15) is 0 Å². The van der Waals surface area contributed by atoms with Gasteiger partial charge in [-0.15, -0.1) is 0 Å². The number of carbonyl (C=O) groups excluding carboxylic acids is 1. The smallest absolute Gasteiger partial charge is 0.151 e. The van der Waals surface area contributed by atoms with Gasteiger partial charge in [0.25, 0.3) is 0 Å². The maximum atomic E-state index is 10.4. The number of rotatable bonds is 5. The van der Waals surface area contributed by atoms with Crippen LogP contribution in [0.25, 0.3) is 0 Å². The van der Waals surface area contributed by atoms with Gasteiger partial charge in [-0.1, -0.05) is 30.3 Å². The number of hydrogen-bond donors (Lipinski definition) is 0. The van der Waals surface area contributed by atoms with Crippen LogP contribution in [0.3, 0.4) is 0 Å². The van der Waals surface area contributed by atoms with E-state index < -0.39 is 6.10 Å². The molecule has 2 unspecified atom stereocenters. The van der Waals surface area contributed by atoms with Crippen LogP contribution in [0.1, 0.15) is 5.56 Å². The summed E-state index contributed by atoms with van der Waals surface area (Å²) in [4.78, 5) is 10.4. The molecule has 2 rings (SSSR count). The summed E-state index contributed by atoms with van der Waals surface area (Å²) >= 11 is 0. The molecule has 1 aliphatic heterocycles. The van der Waals surface area contributed by atoms with E-state index in [0.29, 0.717) is 26.4 Å². The predicted octanol–water partition coefficient (Wildman–Crippen LogP) is 1.19. The van der Waals surface area contributed by atoms with Crippen molar-refractivity contribution in [3.8, 4) is 0 Å². The molecule has 4 nitrogen and oxygen atoms in total. The maximum absolute atomic E-state index is 10.4. The Labute approximate surface area is 100 Å². The van der Waals surface area contributed by atoms with Crippen LogP contribution in [0.4, 0.5) is 0 Å². The zero-order valence-corrected chi connectivity index (χ0v) is 9.58. The highest BCUT2D eigenvalue weighted by Gasteiger charge is 2.21. The molecule has 0 radical (unpaired) electrons. The van der Waals surface area contributed by atoms with Crippen LogP contribution in [-0.2, 0) is 25.6 Å². The largest absolute Gasteiger partial charge is 0.374 e. The molecule has 0 amide bonds. The first kappa shape index (κ1) is 12.2. The third kappa shape index (κ3) is 3.93. The minimum absolute atomic E-state index is 0.0742. The fourth-order valence-corrected chi connectivity index (χ4v) is 1.62. The third-order valence-electron chi connectivity index (χ3n) is 2.56. The summed E-state index contributed by atoms with van der Waals surface area (Å²) < 4.78 is 16.2. The van der Waals surface area contributed by atoms with Crippen LogP contribution in [0, 0.1) is 0 Å². The monoisotopic (exact) mass is 236 g/mol. The van der Waals surface area contributed by atoms with Crippen molar-refractivity contribution in [3.63, 3.8) is 0 Å². The van der Waals surface area contributed by atoms with Gasteiger partial charge in [-0.05, 0) is 5.56 Å². The molecule has 1 aliphatic rings. The number of hydrogen-bond acceptors (Lipinski definition) is 4. The topological polar surface area (TPSA) is 44.8 Å². The van der Waals surface area contributed by atoms with Crippen molar-refractivity contribution in [1.82, 2.24) is 0 Å². The Kier molecular flexibility index (Phi) is 4.67. The summed E-state index contributed by atoms with van der Waals surface area (Å²) in [5.74, 6) is 0. The molecule has 0 aromatic heterocycles. The minimum Gasteiger partial charge on any atom is -0.374 e. The average Bonchev–Trinajstić information content (AvgIpc) is 2.41. The van der Waals surface area contributed by atoms with Crippen LogP contribution in [0.5, 0.6) is 0 Å². The lowest BCUT2D eigenvalue weighted by Crippen LogP contribution is -2.38. The average molecular weight is 236 g/mol. The quantitative estimate of drug-likeness (QED) is 0.720. The lowest BCUT2D eigenvalue weighted by molar-refractivity contribution is -0.159. The molecule has 1 aromatic rings. The third-order valence-corrected chi connectivity index (χ3v) is 2.56. The summed E-state index contributed by atoms with van der Waals surface area (Å²) in [6, 6.07) is 9.96. The first-order valence-electron chi connectivity index (χ1n) is 5.68. The Balaban J connectivity index is 1.65. The summed E-state index contributed by atoms with van der Waals surface area (Å²) in [6.07, 6.45) is 0.274. The first-order chi connectivity index (χ1) is 8.38. The van der Waals surface area contributed by atoms with Gasteiger partial charge in [-0.3, -0.25) is 0 Å². The highest BCUT2D eigenvalue weighted by Crippen LogP contribution is 2.07. The van der Waals surface area contributed by atoms with Gasteiger partial charge in [0.05, 0.1) is 26.4 Å². The Bertz CT molecular complexity index is 331. The van der Waals surface area contributed by atoms with Gasteiger partial charge >= 0.3 is 0 Å². The van der Waals surface area contributed by atoms with Gasteiger partial charge in [-0.25, -0.2) is 0 Å². The van der Waals surface area contributed by atoms with Crippen LogP contribution in [0.15, 0.2) is 30.3 Å². The lowest BCUT2D eigenvalue weighted by atomic mass is 10.2. The van der Waals surface area contributed by atoms with E-state index in [1.54, 1.807) is 0 Å². The van der Waals surface area contributed by atoms with E-state index in [-0.39, 0.29) is 6.10 Å². The van der Waals surface area contributed by atoms with Crippen LogP contribution in [-0.4, -0.2) is 38.3 Å². The summed E-state index contributed by atoms with van der Waals surface area (Å²) in [6.45, 7) is 1.79. The Hall–Kier alpha value is -1.23. The van der Waals surface area contributed by atoms with E-state index in [0.717, 1.165) is 11.8 Å². The summed E-state index contributed by atoms with van der Waals surface area (Å²) in [5.41, 5.74) is 1.13. The molecule has 4 heteroatoms. The van der Waals surface area contributed by atoms with Gasteiger partial charge in [0, 0.05) is 0 Å². The zero-order chi connectivity index (χ0) is 11.9. The molecule has 1 heterocycles. The Morgan fingerprint density at radius 3 is 2.71 bits per heavy atom. The van der Waals surface area contributed by atoms with Crippen molar-refractivity contribution in [1.29, 1.82) is 0 Å². The van der Waals surface area contributed by atoms with Crippen LogP contribution >= 0.6 is 0 Å². The molecular weight excluding hydrogens is 220 g/mol. The van der Waals surface area contributed by atoms with Crippen molar-refractivity contribution in [2.45, 2.75) is 18.8 Å². The molecule has 0 aliphatic carbocycles. The molecule has 0 bridgehead atoms. The fourth-order valence-electron chi connectivity index (χ4n) is 1.62. The Morgan fingerprint density at radius 2 is 2.06 bits per heavy atom. The fraction of sp³-hybridized carbons (Fsp3) is 0.462. The normalized spacial score (nSPS) is 24.5. The summed E-state index contributed by atoms with van der Waals surface area (Å²) in [7, 11) is 0. The molecule has 0 N–H and O–H groups in total. The van der Waals surface area contributed by atoms with Crippen molar-refractivity contribution >= 4 is 6.29 Å². The van der Waals surface area contributed by atoms with E-state index in [2.05, 4.69) is 0 Å². The van der Waals surface area contributed by atoms with Gasteiger partial charge in [0.2, 0.25) is 0 Å². The molecule has 92 valence electrons. The minimum atomic E-state index is -0.416. The van der Waals surface area contributed by atoms with Crippen LogP contribution < -0.4 is 0 Å². The molecule has 17 heavy (non-hydrogen) atoms. The zero-order valence-electron chi connectivity index (χ0n) is 9.58. The SMILES string of the molecule is O=CC1COC(COCc2ccccc2)CO1. The number of ether oxygens (including phenoxy) is 3. The van der Waals surface area contributed by atoms with E-state index in [1.807, 2.05) is 30.3 Å². The van der Waals surface area contributed by atoms with Crippen molar-refractivity contribution in [3.05, 3.63) is 35.9 Å². The molecule has 1 saturated heterocycles. The summed E-state index contributed by atoms with van der Waals surface area (Å²) in [5, 5.41) is 0. The molecule has 0 saturated carbocycles. The number of aldehydes is 1. The second-order valence-electron chi connectivity index (χ2n) is 3.96. The van der Waals surface area contributed by atoms with Crippen LogP contribution in [0.2, 0.25) is 0 Å². The molecule has 0 spiro atoms. The maximum Gasteiger partial charge on any atom is 0.151 e. The van der Waals surface area contributed by atoms with E-state index in [1.165, 1.54) is 0 Å². The number of benzene rings is 1. The Morgan fingerprint density at radius 1 is 1.24 bits per heavy atom. The highest BCUT2D eigenvalue weighted by atomic mass is 16.6. The van der Waals surface area contributed by atoms with Gasteiger partial charge in [0.15, 0.2) is 6.29 Å². The second kappa shape index (κ2) is 6.49. The van der Waals surface area contributed by atoms with E-state index in [9.17, 15) is 4.79 Å². The second-order valence-corrected chi connectivity index (χ2v) is 3.96. The van der Waals surface area contributed by atoms with Crippen molar-refractivity contribution < 1.29 is 19.0 Å².